The third-order valence-corrected chi connectivity index (χ3v) is 2.11. The SMILES string of the molecule is Cc1cnccc1CNC(=O)C(=O)NCC#N. The number of hydrogen-bond acceptors (Lipinski definition) is 4. The minimum absolute atomic E-state index is 0.180. The molecule has 0 aliphatic rings. The van der Waals surface area contributed by atoms with Crippen molar-refractivity contribution < 1.29 is 9.59 Å². The molecule has 0 atom stereocenters. The Kier molecular flexibility index (Phi) is 4.63. The largest absolute Gasteiger partial charge is 0.344 e. The second-order valence-corrected chi connectivity index (χ2v) is 3.33. The topological polar surface area (TPSA) is 94.9 Å². The van der Waals surface area contributed by atoms with Gasteiger partial charge in [0.05, 0.1) is 6.07 Å². The number of aromatic nitrogens is 1. The second kappa shape index (κ2) is 6.23. The Labute approximate surface area is 98.7 Å². The summed E-state index contributed by atoms with van der Waals surface area (Å²) in [7, 11) is 0. The zero-order chi connectivity index (χ0) is 12.7. The lowest BCUT2D eigenvalue weighted by atomic mass is 10.1. The number of hydrogen-bond donors (Lipinski definition) is 2. The van der Waals surface area contributed by atoms with Gasteiger partial charge in [-0.15, -0.1) is 0 Å². The van der Waals surface area contributed by atoms with Crippen molar-refractivity contribution in [1.82, 2.24) is 15.6 Å². The number of aryl methyl sites for hydroxylation is 1. The molecule has 0 saturated heterocycles. The van der Waals surface area contributed by atoms with Gasteiger partial charge in [0.1, 0.15) is 6.54 Å². The predicted molar refractivity (Wildman–Crippen MR) is 59.4 cm³/mol. The lowest BCUT2D eigenvalue weighted by Gasteiger charge is -2.06. The molecule has 1 aromatic heterocycles. The van der Waals surface area contributed by atoms with Crippen LogP contribution < -0.4 is 10.6 Å². The number of carbonyl (C=O) groups excluding carboxylic acids is 2. The molecule has 88 valence electrons. The van der Waals surface area contributed by atoms with Crippen LogP contribution in [-0.2, 0) is 16.1 Å². The van der Waals surface area contributed by atoms with Crippen molar-refractivity contribution in [3.63, 3.8) is 0 Å². The zero-order valence-electron chi connectivity index (χ0n) is 9.36. The van der Waals surface area contributed by atoms with E-state index >= 15 is 0 Å². The van der Waals surface area contributed by atoms with Gasteiger partial charge >= 0.3 is 11.8 Å². The smallest absolute Gasteiger partial charge is 0.310 e. The highest BCUT2D eigenvalue weighted by Gasteiger charge is 2.12. The molecule has 0 saturated carbocycles. The Bertz CT molecular complexity index is 465. The average Bonchev–Trinajstić information content (AvgIpc) is 2.34. The molecule has 0 aromatic carbocycles. The summed E-state index contributed by atoms with van der Waals surface area (Å²) in [6.07, 6.45) is 3.29. The number of amides is 2. The Balaban J connectivity index is 2.46. The van der Waals surface area contributed by atoms with Crippen LogP contribution in [0.5, 0.6) is 0 Å². The molecule has 0 fully saturated rings. The first-order valence-corrected chi connectivity index (χ1v) is 4.97. The Morgan fingerprint density at radius 1 is 1.41 bits per heavy atom. The van der Waals surface area contributed by atoms with Gasteiger partial charge in [0.15, 0.2) is 0 Å². The van der Waals surface area contributed by atoms with Crippen LogP contribution in [0.25, 0.3) is 0 Å². The minimum Gasteiger partial charge on any atom is -0.344 e. The number of nitrogens with zero attached hydrogens (tertiary/aromatic N) is 2. The highest BCUT2D eigenvalue weighted by atomic mass is 16.2. The first kappa shape index (κ1) is 12.6. The van der Waals surface area contributed by atoms with Crippen LogP contribution in [0.1, 0.15) is 11.1 Å². The molecular formula is C11H12N4O2. The van der Waals surface area contributed by atoms with Gasteiger partial charge in [0, 0.05) is 18.9 Å². The van der Waals surface area contributed by atoms with Crippen molar-refractivity contribution >= 4 is 11.8 Å². The molecule has 1 rings (SSSR count). The van der Waals surface area contributed by atoms with Crippen LogP contribution in [0, 0.1) is 18.3 Å². The van der Waals surface area contributed by atoms with Gasteiger partial charge in [-0.2, -0.15) is 5.26 Å². The third-order valence-electron chi connectivity index (χ3n) is 2.11. The minimum atomic E-state index is -0.807. The van der Waals surface area contributed by atoms with Gasteiger partial charge in [-0.05, 0) is 24.1 Å². The first-order valence-electron chi connectivity index (χ1n) is 4.97. The van der Waals surface area contributed by atoms with Gasteiger partial charge in [-0.3, -0.25) is 14.6 Å². The standard InChI is InChI=1S/C11H12N4O2/c1-8-6-13-4-2-9(8)7-15-11(17)10(16)14-5-3-12/h2,4,6H,5,7H2,1H3,(H,14,16)(H,15,17). The van der Waals surface area contributed by atoms with Crippen molar-refractivity contribution in [3.05, 3.63) is 29.6 Å². The molecule has 0 aliphatic heterocycles. The quantitative estimate of drug-likeness (QED) is 0.550. The number of pyridine rings is 1. The van der Waals surface area contributed by atoms with Gasteiger partial charge in [-0.1, -0.05) is 0 Å². The van der Waals surface area contributed by atoms with E-state index in [1.54, 1.807) is 24.5 Å². The molecule has 2 N–H and O–H groups in total. The monoisotopic (exact) mass is 232 g/mol. The maximum atomic E-state index is 11.3. The lowest BCUT2D eigenvalue weighted by molar-refractivity contribution is -0.139. The first-order chi connectivity index (χ1) is 8.15. The fourth-order valence-electron chi connectivity index (χ4n) is 1.16. The van der Waals surface area contributed by atoms with E-state index in [2.05, 4.69) is 15.6 Å². The van der Waals surface area contributed by atoms with Crippen LogP contribution in [0.3, 0.4) is 0 Å². The number of rotatable bonds is 3. The van der Waals surface area contributed by atoms with E-state index in [-0.39, 0.29) is 13.1 Å². The molecule has 2 amide bonds. The molecular weight excluding hydrogens is 220 g/mol. The molecule has 0 unspecified atom stereocenters. The van der Waals surface area contributed by atoms with Gasteiger partial charge < -0.3 is 10.6 Å². The molecule has 17 heavy (non-hydrogen) atoms. The van der Waals surface area contributed by atoms with E-state index in [9.17, 15) is 9.59 Å². The normalized spacial score (nSPS) is 9.18. The highest BCUT2D eigenvalue weighted by Crippen LogP contribution is 2.03. The Hall–Kier alpha value is -2.42. The van der Waals surface area contributed by atoms with Crippen LogP contribution in [0.4, 0.5) is 0 Å². The van der Waals surface area contributed by atoms with Gasteiger partial charge in [0.25, 0.3) is 0 Å². The number of nitrogens with one attached hydrogen (secondary N) is 2. The zero-order valence-corrected chi connectivity index (χ0v) is 9.36. The summed E-state index contributed by atoms with van der Waals surface area (Å²) >= 11 is 0. The molecule has 0 spiro atoms. The summed E-state index contributed by atoms with van der Waals surface area (Å²) in [5.74, 6) is -1.56. The van der Waals surface area contributed by atoms with Crippen molar-refractivity contribution in [2.45, 2.75) is 13.5 Å². The Morgan fingerprint density at radius 3 is 2.76 bits per heavy atom. The molecule has 0 bridgehead atoms. The van der Waals surface area contributed by atoms with Crippen molar-refractivity contribution in [1.29, 1.82) is 5.26 Å². The molecule has 6 nitrogen and oxygen atoms in total. The van der Waals surface area contributed by atoms with E-state index in [0.29, 0.717) is 0 Å². The summed E-state index contributed by atoms with van der Waals surface area (Å²) in [6.45, 7) is 1.94. The molecule has 1 aromatic rings. The fourth-order valence-corrected chi connectivity index (χ4v) is 1.16. The number of carbonyl (C=O) groups is 2. The van der Waals surface area contributed by atoms with Crippen molar-refractivity contribution in [2.75, 3.05) is 6.54 Å². The van der Waals surface area contributed by atoms with E-state index in [0.717, 1.165) is 11.1 Å². The van der Waals surface area contributed by atoms with E-state index in [1.165, 1.54) is 0 Å². The van der Waals surface area contributed by atoms with Crippen LogP contribution in [-0.4, -0.2) is 23.3 Å². The van der Waals surface area contributed by atoms with Crippen molar-refractivity contribution in [2.24, 2.45) is 0 Å². The molecule has 1 heterocycles. The fraction of sp³-hybridized carbons (Fsp3) is 0.273. The highest BCUT2D eigenvalue weighted by molar-refractivity contribution is 6.35. The summed E-state index contributed by atoms with van der Waals surface area (Å²) in [5.41, 5.74) is 1.83. The predicted octanol–water partition coefficient (Wildman–Crippen LogP) is -0.354. The maximum absolute atomic E-state index is 11.3. The second-order valence-electron chi connectivity index (χ2n) is 3.33. The van der Waals surface area contributed by atoms with Gasteiger partial charge in [-0.25, -0.2) is 0 Å². The summed E-state index contributed by atoms with van der Waals surface area (Å²) < 4.78 is 0. The maximum Gasteiger partial charge on any atom is 0.310 e. The van der Waals surface area contributed by atoms with Crippen LogP contribution >= 0.6 is 0 Å². The molecule has 6 heteroatoms. The molecule has 0 aliphatic carbocycles. The Morgan fingerprint density at radius 2 is 2.12 bits per heavy atom. The van der Waals surface area contributed by atoms with E-state index < -0.39 is 11.8 Å². The molecule has 0 radical (unpaired) electrons. The number of nitriles is 1. The van der Waals surface area contributed by atoms with Crippen molar-refractivity contribution in [3.8, 4) is 6.07 Å². The van der Waals surface area contributed by atoms with E-state index in [4.69, 9.17) is 5.26 Å². The van der Waals surface area contributed by atoms with Gasteiger partial charge in [0.2, 0.25) is 0 Å². The third kappa shape index (κ3) is 3.91. The summed E-state index contributed by atoms with van der Waals surface area (Å²) in [4.78, 5) is 26.3. The lowest BCUT2D eigenvalue weighted by Crippen LogP contribution is -2.39. The van der Waals surface area contributed by atoms with E-state index in [1.807, 2.05) is 6.92 Å². The summed E-state index contributed by atoms with van der Waals surface area (Å²) in [5, 5.41) is 12.9. The van der Waals surface area contributed by atoms with Crippen LogP contribution in [0.15, 0.2) is 18.5 Å². The average molecular weight is 232 g/mol. The summed E-state index contributed by atoms with van der Waals surface area (Å²) in [6, 6.07) is 3.48. The van der Waals surface area contributed by atoms with Crippen LogP contribution in [0.2, 0.25) is 0 Å².